The average molecular weight is 496 g/mol. The van der Waals surface area contributed by atoms with Crippen molar-refractivity contribution in [3.8, 4) is 5.75 Å². The van der Waals surface area contributed by atoms with Crippen LogP contribution in [0.25, 0.3) is 0 Å². The Bertz CT molecular complexity index is 1040. The van der Waals surface area contributed by atoms with Gasteiger partial charge in [0.15, 0.2) is 0 Å². The van der Waals surface area contributed by atoms with E-state index in [2.05, 4.69) is 5.32 Å². The first kappa shape index (κ1) is 26.5. The summed E-state index contributed by atoms with van der Waals surface area (Å²) in [6.45, 7) is 3.70. The van der Waals surface area contributed by atoms with Crippen molar-refractivity contribution in [3.63, 3.8) is 0 Å². The van der Waals surface area contributed by atoms with Gasteiger partial charge in [0.25, 0.3) is 0 Å². The highest BCUT2D eigenvalue weighted by atomic mass is 35.5. The Morgan fingerprint density at radius 1 is 1.09 bits per heavy atom. The van der Waals surface area contributed by atoms with Crippen LogP contribution in [0.3, 0.4) is 0 Å². The molecule has 0 aromatic heterocycles. The van der Waals surface area contributed by atoms with Crippen LogP contribution in [-0.2, 0) is 26.2 Å². The highest BCUT2D eigenvalue weighted by Crippen LogP contribution is 2.22. The topological polar surface area (TPSA) is 96.0 Å². The lowest BCUT2D eigenvalue weighted by atomic mass is 10.1. The molecule has 1 N–H and O–H groups in total. The van der Waals surface area contributed by atoms with Gasteiger partial charge >= 0.3 is 0 Å². The molecule has 0 bridgehead atoms. The number of halogens is 1. The summed E-state index contributed by atoms with van der Waals surface area (Å²) in [5, 5.41) is 3.34. The maximum Gasteiger partial charge on any atom is 0.244 e. The van der Waals surface area contributed by atoms with E-state index in [9.17, 15) is 18.0 Å². The first-order valence-corrected chi connectivity index (χ1v) is 12.7. The van der Waals surface area contributed by atoms with Crippen LogP contribution >= 0.6 is 11.6 Å². The van der Waals surface area contributed by atoms with Gasteiger partial charge < -0.3 is 15.0 Å². The van der Waals surface area contributed by atoms with E-state index in [1.165, 1.54) is 12.0 Å². The van der Waals surface area contributed by atoms with Crippen LogP contribution in [0.1, 0.15) is 25.8 Å². The zero-order chi connectivity index (χ0) is 24.6. The van der Waals surface area contributed by atoms with Crippen molar-refractivity contribution in [3.05, 3.63) is 59.1 Å². The smallest absolute Gasteiger partial charge is 0.244 e. The summed E-state index contributed by atoms with van der Waals surface area (Å²) in [5.74, 6) is -0.260. The summed E-state index contributed by atoms with van der Waals surface area (Å²) in [6.07, 6.45) is 1.79. The number of hydrogen-bond acceptors (Lipinski definition) is 5. The fourth-order valence-electron chi connectivity index (χ4n) is 3.13. The molecule has 1 atom stereocenters. The molecule has 2 aromatic carbocycles. The molecular weight excluding hydrogens is 466 g/mol. The van der Waals surface area contributed by atoms with Crippen molar-refractivity contribution >= 4 is 39.1 Å². The molecule has 0 radical (unpaired) electrons. The summed E-state index contributed by atoms with van der Waals surface area (Å²) in [4.78, 5) is 27.4. The maximum absolute atomic E-state index is 13.4. The second kappa shape index (κ2) is 11.9. The van der Waals surface area contributed by atoms with Crippen LogP contribution in [0.2, 0.25) is 5.02 Å². The fraction of sp³-hybridized carbons (Fsp3) is 0.391. The zero-order valence-electron chi connectivity index (χ0n) is 19.2. The van der Waals surface area contributed by atoms with E-state index in [0.717, 1.165) is 22.5 Å². The molecule has 8 nitrogen and oxygen atoms in total. The van der Waals surface area contributed by atoms with Gasteiger partial charge in [0.2, 0.25) is 21.8 Å². The number of nitrogens with one attached hydrogen (secondary N) is 1. The van der Waals surface area contributed by atoms with Crippen LogP contribution in [-0.4, -0.2) is 57.6 Å². The quantitative estimate of drug-likeness (QED) is 0.517. The number of methoxy groups -OCH3 is 1. The minimum atomic E-state index is -3.78. The number of hydrogen-bond donors (Lipinski definition) is 1. The minimum absolute atomic E-state index is 0.122. The number of carbonyl (C=O) groups excluding carboxylic acids is 2. The molecule has 2 aromatic rings. The van der Waals surface area contributed by atoms with Crippen LogP contribution in [0.4, 0.5) is 5.69 Å². The van der Waals surface area contributed by atoms with E-state index < -0.39 is 28.5 Å². The standard InChI is InChI=1S/C23H30ClN3O5S/c1-5-14-25-23(29)17(2)26(15-18-6-8-19(24)9-7-18)22(28)16-27(33(4,30)31)20-10-12-21(32-3)13-11-20/h6-13,17H,5,14-16H2,1-4H3,(H,25,29). The summed E-state index contributed by atoms with van der Waals surface area (Å²) < 4.78 is 31.2. The minimum Gasteiger partial charge on any atom is -0.497 e. The Morgan fingerprint density at radius 2 is 1.70 bits per heavy atom. The van der Waals surface area contributed by atoms with Gasteiger partial charge in [-0.2, -0.15) is 0 Å². The van der Waals surface area contributed by atoms with E-state index in [4.69, 9.17) is 16.3 Å². The van der Waals surface area contributed by atoms with E-state index in [1.807, 2.05) is 6.92 Å². The number of rotatable bonds is 11. The Labute approximate surface area is 200 Å². The van der Waals surface area contributed by atoms with Crippen molar-refractivity contribution in [1.82, 2.24) is 10.2 Å². The van der Waals surface area contributed by atoms with Crippen LogP contribution in [0, 0.1) is 0 Å². The predicted octanol–water partition coefficient (Wildman–Crippen LogP) is 3.06. The van der Waals surface area contributed by atoms with E-state index in [-0.39, 0.29) is 12.5 Å². The van der Waals surface area contributed by atoms with Gasteiger partial charge in [-0.1, -0.05) is 30.7 Å². The molecule has 0 aliphatic rings. The molecule has 0 saturated heterocycles. The van der Waals surface area contributed by atoms with Gasteiger partial charge in [-0.05, 0) is 55.3 Å². The Hall–Kier alpha value is -2.78. The molecule has 0 aliphatic carbocycles. The summed E-state index contributed by atoms with van der Waals surface area (Å²) in [6, 6.07) is 12.5. The van der Waals surface area contributed by atoms with E-state index in [1.54, 1.807) is 55.5 Å². The number of carbonyl (C=O) groups is 2. The third-order valence-corrected chi connectivity index (χ3v) is 6.41. The predicted molar refractivity (Wildman–Crippen MR) is 130 cm³/mol. The van der Waals surface area contributed by atoms with Crippen LogP contribution in [0.15, 0.2) is 48.5 Å². The van der Waals surface area contributed by atoms with Crippen molar-refractivity contribution in [2.24, 2.45) is 0 Å². The monoisotopic (exact) mass is 495 g/mol. The largest absolute Gasteiger partial charge is 0.497 e. The number of amides is 2. The van der Waals surface area contributed by atoms with Gasteiger partial charge in [0.05, 0.1) is 19.1 Å². The third-order valence-electron chi connectivity index (χ3n) is 5.02. The van der Waals surface area contributed by atoms with Gasteiger partial charge in [0, 0.05) is 18.1 Å². The lowest BCUT2D eigenvalue weighted by molar-refractivity contribution is -0.139. The second-order valence-electron chi connectivity index (χ2n) is 7.58. The number of benzene rings is 2. The summed E-state index contributed by atoms with van der Waals surface area (Å²) >= 11 is 5.96. The summed E-state index contributed by atoms with van der Waals surface area (Å²) in [5.41, 5.74) is 1.08. The molecule has 0 saturated carbocycles. The molecule has 1 unspecified atom stereocenters. The number of nitrogens with zero attached hydrogens (tertiary/aromatic N) is 2. The second-order valence-corrected chi connectivity index (χ2v) is 9.93. The molecular formula is C23H30ClN3O5S. The Kier molecular flexibility index (Phi) is 9.55. The molecule has 2 amide bonds. The molecule has 10 heteroatoms. The van der Waals surface area contributed by atoms with Gasteiger partial charge in [-0.15, -0.1) is 0 Å². The molecule has 180 valence electrons. The average Bonchev–Trinajstić information content (AvgIpc) is 2.79. The van der Waals surface area contributed by atoms with Crippen LogP contribution < -0.4 is 14.4 Å². The van der Waals surface area contributed by atoms with Crippen LogP contribution in [0.5, 0.6) is 5.75 Å². The SMILES string of the molecule is CCCNC(=O)C(C)N(Cc1ccc(Cl)cc1)C(=O)CN(c1ccc(OC)cc1)S(C)(=O)=O. The number of ether oxygens (including phenoxy) is 1. The van der Waals surface area contributed by atoms with Crippen molar-refractivity contribution in [2.75, 3.05) is 30.8 Å². The molecule has 2 rings (SSSR count). The first-order valence-electron chi connectivity index (χ1n) is 10.5. The van der Waals surface area contributed by atoms with Gasteiger partial charge in [0.1, 0.15) is 18.3 Å². The molecule has 0 heterocycles. The fourth-order valence-corrected chi connectivity index (χ4v) is 4.10. The van der Waals surface area contributed by atoms with E-state index >= 15 is 0 Å². The number of sulfonamides is 1. The zero-order valence-corrected chi connectivity index (χ0v) is 20.8. The Balaban J connectivity index is 2.34. The number of anilines is 1. The first-order chi connectivity index (χ1) is 15.6. The van der Waals surface area contributed by atoms with Crippen molar-refractivity contribution in [2.45, 2.75) is 32.9 Å². The lowest BCUT2D eigenvalue weighted by Crippen LogP contribution is -2.51. The van der Waals surface area contributed by atoms with Crippen molar-refractivity contribution in [1.29, 1.82) is 0 Å². The normalized spacial score (nSPS) is 12.0. The highest BCUT2D eigenvalue weighted by molar-refractivity contribution is 7.92. The van der Waals surface area contributed by atoms with Crippen molar-refractivity contribution < 1.29 is 22.7 Å². The highest BCUT2D eigenvalue weighted by Gasteiger charge is 2.30. The molecule has 33 heavy (non-hydrogen) atoms. The lowest BCUT2D eigenvalue weighted by Gasteiger charge is -2.31. The molecule has 0 aliphatic heterocycles. The Morgan fingerprint density at radius 3 is 2.21 bits per heavy atom. The van der Waals surface area contributed by atoms with Gasteiger partial charge in [-0.3, -0.25) is 13.9 Å². The van der Waals surface area contributed by atoms with Gasteiger partial charge in [-0.25, -0.2) is 8.42 Å². The summed E-state index contributed by atoms with van der Waals surface area (Å²) in [7, 11) is -2.27. The molecule has 0 spiro atoms. The maximum atomic E-state index is 13.4. The van der Waals surface area contributed by atoms with E-state index in [0.29, 0.717) is 23.0 Å². The third kappa shape index (κ3) is 7.64. The molecule has 0 fully saturated rings.